The molecule has 0 amide bonds. The van der Waals surface area contributed by atoms with Crippen LogP contribution in [0.25, 0.3) is 0 Å². The molecule has 19 heavy (non-hydrogen) atoms. The Morgan fingerprint density at radius 1 is 1.26 bits per heavy atom. The Morgan fingerprint density at radius 2 is 1.95 bits per heavy atom. The topological polar surface area (TPSA) is 85.1 Å². The summed E-state index contributed by atoms with van der Waals surface area (Å²) in [6, 6.07) is 0. The van der Waals surface area contributed by atoms with E-state index < -0.39 is 0 Å². The number of nitrogens with one attached hydrogen (secondary N) is 2. The predicted octanol–water partition coefficient (Wildman–Crippen LogP) is 2.01. The number of nitrogens with zero attached hydrogens (tertiary/aromatic N) is 2. The van der Waals surface area contributed by atoms with Gasteiger partial charge in [0.25, 0.3) is 0 Å². The average molecular weight is 265 g/mol. The fourth-order valence-electron chi connectivity index (χ4n) is 2.57. The minimum absolute atomic E-state index is 0.497. The van der Waals surface area contributed by atoms with Gasteiger partial charge in [-0.05, 0) is 24.7 Å². The lowest BCUT2D eigenvalue weighted by Gasteiger charge is -2.26. The molecule has 1 fully saturated rings. The fraction of sp³-hybridized carbons (Fsp3) is 0.692. The van der Waals surface area contributed by atoms with Crippen LogP contribution < -0.4 is 21.3 Å². The highest BCUT2D eigenvalue weighted by Crippen LogP contribution is 2.31. The van der Waals surface area contributed by atoms with E-state index in [2.05, 4.69) is 27.6 Å². The van der Waals surface area contributed by atoms with Gasteiger partial charge in [0.1, 0.15) is 6.33 Å². The van der Waals surface area contributed by atoms with E-state index in [1.54, 1.807) is 7.11 Å². The molecule has 0 unspecified atom stereocenters. The summed E-state index contributed by atoms with van der Waals surface area (Å²) in [6.45, 7) is 3.25. The number of nitrogens with two attached hydrogens (primary N) is 1. The second kappa shape index (κ2) is 6.56. The zero-order chi connectivity index (χ0) is 13.7. The molecular formula is C13H23N5O. The maximum absolute atomic E-state index is 5.40. The molecule has 106 valence electrons. The molecule has 1 aliphatic carbocycles. The van der Waals surface area contributed by atoms with E-state index in [9.17, 15) is 0 Å². The van der Waals surface area contributed by atoms with Crippen LogP contribution >= 0.6 is 0 Å². The van der Waals surface area contributed by atoms with E-state index in [-0.39, 0.29) is 0 Å². The van der Waals surface area contributed by atoms with Crippen molar-refractivity contribution in [1.29, 1.82) is 0 Å². The van der Waals surface area contributed by atoms with Crippen LogP contribution in [-0.4, -0.2) is 23.6 Å². The zero-order valence-electron chi connectivity index (χ0n) is 11.6. The minimum atomic E-state index is 0.497. The van der Waals surface area contributed by atoms with Crippen LogP contribution in [0.1, 0.15) is 32.6 Å². The number of hydrogen-bond donors (Lipinski definition) is 3. The van der Waals surface area contributed by atoms with Gasteiger partial charge in [0.15, 0.2) is 11.6 Å². The van der Waals surface area contributed by atoms with Crippen LogP contribution in [0, 0.1) is 11.8 Å². The van der Waals surface area contributed by atoms with Gasteiger partial charge >= 0.3 is 0 Å². The lowest BCUT2D eigenvalue weighted by atomic mass is 9.83. The zero-order valence-corrected chi connectivity index (χ0v) is 11.6. The van der Waals surface area contributed by atoms with Gasteiger partial charge in [0, 0.05) is 6.54 Å². The number of aromatic nitrogens is 2. The van der Waals surface area contributed by atoms with Gasteiger partial charge in [-0.15, -0.1) is 0 Å². The Bertz CT molecular complexity index is 404. The molecule has 6 heteroatoms. The summed E-state index contributed by atoms with van der Waals surface area (Å²) < 4.78 is 5.29. The maximum Gasteiger partial charge on any atom is 0.205 e. The molecule has 6 nitrogen and oxygen atoms in total. The highest BCUT2D eigenvalue weighted by atomic mass is 16.5. The summed E-state index contributed by atoms with van der Waals surface area (Å²) in [5, 5.41) is 3.35. The van der Waals surface area contributed by atoms with Gasteiger partial charge < -0.3 is 15.5 Å². The van der Waals surface area contributed by atoms with E-state index in [0.29, 0.717) is 23.3 Å². The van der Waals surface area contributed by atoms with Crippen molar-refractivity contribution in [1.82, 2.24) is 9.97 Å². The van der Waals surface area contributed by atoms with Crippen molar-refractivity contribution in [3.05, 3.63) is 6.33 Å². The summed E-state index contributed by atoms with van der Waals surface area (Å²) in [7, 11) is 1.59. The molecule has 0 atom stereocenters. The Hall–Kier alpha value is -1.56. The number of methoxy groups -OCH3 is 1. The molecule has 2 rings (SSSR count). The number of hydrazine groups is 1. The van der Waals surface area contributed by atoms with Crippen molar-refractivity contribution >= 4 is 11.6 Å². The lowest BCUT2D eigenvalue weighted by molar-refractivity contribution is 0.300. The molecule has 1 aliphatic rings. The van der Waals surface area contributed by atoms with Crippen molar-refractivity contribution in [2.75, 3.05) is 24.4 Å². The quantitative estimate of drug-likeness (QED) is 0.558. The summed E-state index contributed by atoms with van der Waals surface area (Å²) in [6.07, 6.45) is 6.68. The summed E-state index contributed by atoms with van der Waals surface area (Å²) >= 11 is 0. The smallest absolute Gasteiger partial charge is 0.205 e. The number of nitrogen functional groups attached to an aromatic ring is 1. The van der Waals surface area contributed by atoms with E-state index >= 15 is 0 Å². The molecular weight excluding hydrogens is 242 g/mol. The Labute approximate surface area is 114 Å². The summed E-state index contributed by atoms with van der Waals surface area (Å²) in [5.41, 5.74) is 2.51. The Balaban J connectivity index is 1.95. The van der Waals surface area contributed by atoms with Crippen LogP contribution in [0.15, 0.2) is 6.33 Å². The van der Waals surface area contributed by atoms with Gasteiger partial charge in [-0.2, -0.15) is 0 Å². The molecule has 1 saturated carbocycles. The number of hydrogen-bond acceptors (Lipinski definition) is 6. The van der Waals surface area contributed by atoms with Crippen LogP contribution in [0.4, 0.5) is 11.6 Å². The molecule has 0 radical (unpaired) electrons. The SMILES string of the molecule is COc1c(NN)ncnc1NCC1CCC(C)CC1. The normalized spacial score (nSPS) is 22.9. The number of rotatable bonds is 5. The molecule has 0 spiro atoms. The van der Waals surface area contributed by atoms with Crippen LogP contribution in [0.2, 0.25) is 0 Å². The van der Waals surface area contributed by atoms with Crippen LogP contribution in [0.3, 0.4) is 0 Å². The highest BCUT2D eigenvalue weighted by molar-refractivity contribution is 5.62. The Kier molecular flexibility index (Phi) is 4.79. The third kappa shape index (κ3) is 3.47. The molecule has 4 N–H and O–H groups in total. The second-order valence-corrected chi connectivity index (χ2v) is 5.26. The molecule has 0 aliphatic heterocycles. The predicted molar refractivity (Wildman–Crippen MR) is 76.0 cm³/mol. The van der Waals surface area contributed by atoms with E-state index in [4.69, 9.17) is 10.6 Å². The molecule has 0 aromatic carbocycles. The fourth-order valence-corrected chi connectivity index (χ4v) is 2.57. The third-order valence-electron chi connectivity index (χ3n) is 3.84. The molecule has 0 bridgehead atoms. The molecule has 1 aromatic heterocycles. The monoisotopic (exact) mass is 265 g/mol. The van der Waals surface area contributed by atoms with E-state index in [1.165, 1.54) is 32.0 Å². The number of anilines is 2. The lowest BCUT2D eigenvalue weighted by Crippen LogP contribution is -2.21. The average Bonchev–Trinajstić information content (AvgIpc) is 2.46. The van der Waals surface area contributed by atoms with Crippen molar-refractivity contribution in [3.8, 4) is 5.75 Å². The highest BCUT2D eigenvalue weighted by Gasteiger charge is 2.19. The van der Waals surface area contributed by atoms with Crippen molar-refractivity contribution in [2.45, 2.75) is 32.6 Å². The van der Waals surface area contributed by atoms with Gasteiger partial charge in [-0.3, -0.25) is 0 Å². The maximum atomic E-state index is 5.40. The van der Waals surface area contributed by atoms with Crippen LogP contribution in [0.5, 0.6) is 5.75 Å². The van der Waals surface area contributed by atoms with Gasteiger partial charge in [0.2, 0.25) is 5.75 Å². The first-order valence-electron chi connectivity index (χ1n) is 6.84. The van der Waals surface area contributed by atoms with Crippen LogP contribution in [-0.2, 0) is 0 Å². The third-order valence-corrected chi connectivity index (χ3v) is 3.84. The minimum Gasteiger partial charge on any atom is -0.490 e. The van der Waals surface area contributed by atoms with E-state index in [0.717, 1.165) is 12.5 Å². The Morgan fingerprint density at radius 3 is 2.58 bits per heavy atom. The molecule has 1 heterocycles. The molecule has 1 aromatic rings. The summed E-state index contributed by atoms with van der Waals surface area (Å²) in [4.78, 5) is 8.24. The van der Waals surface area contributed by atoms with Crippen molar-refractivity contribution in [2.24, 2.45) is 17.7 Å². The van der Waals surface area contributed by atoms with Gasteiger partial charge in [0.05, 0.1) is 7.11 Å². The second-order valence-electron chi connectivity index (χ2n) is 5.26. The van der Waals surface area contributed by atoms with E-state index in [1.807, 2.05) is 0 Å². The van der Waals surface area contributed by atoms with Gasteiger partial charge in [-0.1, -0.05) is 19.8 Å². The number of ether oxygens (including phenoxy) is 1. The van der Waals surface area contributed by atoms with Gasteiger partial charge in [-0.25, -0.2) is 15.8 Å². The molecule has 0 saturated heterocycles. The largest absolute Gasteiger partial charge is 0.490 e. The summed E-state index contributed by atoms with van der Waals surface area (Å²) in [5.74, 6) is 8.75. The van der Waals surface area contributed by atoms with Crippen molar-refractivity contribution < 1.29 is 4.74 Å². The van der Waals surface area contributed by atoms with Crippen molar-refractivity contribution in [3.63, 3.8) is 0 Å². The first-order chi connectivity index (χ1) is 9.24. The first kappa shape index (κ1) is 13.9. The first-order valence-corrected chi connectivity index (χ1v) is 6.84. The standard InChI is InChI=1S/C13H23N5O/c1-9-3-5-10(6-4-9)7-15-12-11(19-2)13(18-14)17-8-16-12/h8-10H,3-7,14H2,1-2H3,(H2,15,16,17,18).